The van der Waals surface area contributed by atoms with E-state index in [0.717, 1.165) is 12.0 Å². The number of amides is 2. The van der Waals surface area contributed by atoms with Crippen molar-refractivity contribution in [3.8, 4) is 5.75 Å². The van der Waals surface area contributed by atoms with Crippen LogP contribution in [0.5, 0.6) is 5.75 Å². The Balaban J connectivity index is 2.13. The lowest BCUT2D eigenvalue weighted by atomic mass is 10.1. The first-order chi connectivity index (χ1) is 13.6. The Morgan fingerprint density at radius 1 is 1.10 bits per heavy atom. The third kappa shape index (κ3) is 6.80. The van der Waals surface area contributed by atoms with E-state index in [2.05, 4.69) is 5.32 Å². The quantitative estimate of drug-likeness (QED) is 0.525. The van der Waals surface area contributed by atoms with Crippen molar-refractivity contribution in [2.24, 2.45) is 0 Å². The van der Waals surface area contributed by atoms with E-state index in [9.17, 15) is 13.2 Å². The maximum Gasteiger partial charge on any atom is 0.322 e. The minimum absolute atomic E-state index is 0.0193. The minimum atomic E-state index is -3.58. The molecule has 0 aromatic heterocycles. The number of halogens is 2. The number of benzene rings is 2. The van der Waals surface area contributed by atoms with Crippen molar-refractivity contribution < 1.29 is 17.4 Å². The highest BCUT2D eigenvalue weighted by Gasteiger charge is 2.20. The molecule has 0 heterocycles. The SMILES string of the molecule is CCC(C)N(Cc1ccc(OS(=O)(=O)CC)cc1)C(=O)Nc1ccc(Cl)c(Cl)c1. The van der Waals surface area contributed by atoms with Gasteiger partial charge in [-0.25, -0.2) is 4.79 Å². The van der Waals surface area contributed by atoms with E-state index >= 15 is 0 Å². The Morgan fingerprint density at radius 3 is 2.31 bits per heavy atom. The van der Waals surface area contributed by atoms with Crippen molar-refractivity contribution in [1.29, 1.82) is 0 Å². The molecule has 9 heteroatoms. The molecule has 158 valence electrons. The highest BCUT2D eigenvalue weighted by molar-refractivity contribution is 7.87. The van der Waals surface area contributed by atoms with Gasteiger partial charge in [0.05, 0.1) is 15.8 Å². The number of anilines is 1. The van der Waals surface area contributed by atoms with E-state index < -0.39 is 10.1 Å². The second-order valence-electron chi connectivity index (χ2n) is 6.52. The van der Waals surface area contributed by atoms with Crippen LogP contribution < -0.4 is 9.50 Å². The monoisotopic (exact) mass is 458 g/mol. The third-order valence-electron chi connectivity index (χ3n) is 4.41. The number of nitrogens with one attached hydrogen (secondary N) is 1. The predicted molar refractivity (Wildman–Crippen MR) is 117 cm³/mol. The van der Waals surface area contributed by atoms with Crippen molar-refractivity contribution in [3.05, 3.63) is 58.1 Å². The zero-order chi connectivity index (χ0) is 21.6. The van der Waals surface area contributed by atoms with E-state index in [4.69, 9.17) is 27.4 Å². The maximum absolute atomic E-state index is 12.8. The van der Waals surface area contributed by atoms with Crippen LogP contribution in [-0.4, -0.2) is 31.1 Å². The van der Waals surface area contributed by atoms with Gasteiger partial charge in [-0.05, 0) is 56.2 Å². The van der Waals surface area contributed by atoms with E-state index in [1.165, 1.54) is 6.92 Å². The summed E-state index contributed by atoms with van der Waals surface area (Å²) in [6.07, 6.45) is 0.769. The molecule has 0 saturated heterocycles. The highest BCUT2D eigenvalue weighted by Crippen LogP contribution is 2.25. The fourth-order valence-corrected chi connectivity index (χ4v) is 3.29. The van der Waals surface area contributed by atoms with Gasteiger partial charge in [-0.2, -0.15) is 8.42 Å². The largest absolute Gasteiger partial charge is 0.382 e. The number of rotatable bonds is 8. The molecule has 2 aromatic rings. The lowest BCUT2D eigenvalue weighted by molar-refractivity contribution is 0.187. The average molecular weight is 459 g/mol. The summed E-state index contributed by atoms with van der Waals surface area (Å²) in [6, 6.07) is 11.2. The molecular formula is C20H24Cl2N2O4S. The fourth-order valence-electron chi connectivity index (χ4n) is 2.47. The summed E-state index contributed by atoms with van der Waals surface area (Å²) < 4.78 is 28.1. The molecule has 2 amide bonds. The first-order valence-corrected chi connectivity index (χ1v) is 11.5. The second-order valence-corrected chi connectivity index (χ2v) is 9.19. The molecule has 6 nitrogen and oxygen atoms in total. The number of hydrogen-bond acceptors (Lipinski definition) is 4. The number of carbonyl (C=O) groups is 1. The van der Waals surface area contributed by atoms with E-state index in [1.807, 2.05) is 13.8 Å². The minimum Gasteiger partial charge on any atom is -0.382 e. The smallest absolute Gasteiger partial charge is 0.322 e. The molecule has 1 N–H and O–H groups in total. The summed E-state index contributed by atoms with van der Waals surface area (Å²) in [5.41, 5.74) is 1.39. The predicted octanol–water partition coefficient (Wildman–Crippen LogP) is 5.55. The van der Waals surface area contributed by atoms with Gasteiger partial charge in [-0.1, -0.05) is 42.3 Å². The number of hydrogen-bond donors (Lipinski definition) is 1. The number of nitrogens with zero attached hydrogens (tertiary/aromatic N) is 1. The molecule has 0 spiro atoms. The van der Waals surface area contributed by atoms with Crippen LogP contribution >= 0.6 is 23.2 Å². The van der Waals surface area contributed by atoms with Crippen LogP contribution in [0.1, 0.15) is 32.8 Å². The van der Waals surface area contributed by atoms with Crippen LogP contribution in [0.4, 0.5) is 10.5 Å². The zero-order valence-electron chi connectivity index (χ0n) is 16.5. The van der Waals surface area contributed by atoms with Crippen molar-refractivity contribution >= 4 is 45.0 Å². The van der Waals surface area contributed by atoms with Gasteiger partial charge in [0, 0.05) is 18.3 Å². The zero-order valence-corrected chi connectivity index (χ0v) is 18.8. The molecule has 0 saturated carbocycles. The van der Waals surface area contributed by atoms with Gasteiger partial charge in [0.1, 0.15) is 5.75 Å². The lowest BCUT2D eigenvalue weighted by Crippen LogP contribution is -2.40. The second kappa shape index (κ2) is 10.2. The third-order valence-corrected chi connectivity index (χ3v) is 6.30. The molecule has 0 aliphatic carbocycles. The maximum atomic E-state index is 12.8. The van der Waals surface area contributed by atoms with Gasteiger partial charge >= 0.3 is 16.1 Å². The lowest BCUT2D eigenvalue weighted by Gasteiger charge is -2.29. The highest BCUT2D eigenvalue weighted by atomic mass is 35.5. The van der Waals surface area contributed by atoms with E-state index in [0.29, 0.717) is 22.3 Å². The van der Waals surface area contributed by atoms with Gasteiger partial charge < -0.3 is 14.4 Å². The summed E-state index contributed by atoms with van der Waals surface area (Å²) in [6.45, 7) is 5.82. The fraction of sp³-hybridized carbons (Fsp3) is 0.350. The van der Waals surface area contributed by atoms with Gasteiger partial charge in [-0.15, -0.1) is 0 Å². The van der Waals surface area contributed by atoms with Crippen LogP contribution in [0.15, 0.2) is 42.5 Å². The van der Waals surface area contributed by atoms with E-state index in [1.54, 1.807) is 47.4 Å². The summed E-state index contributed by atoms with van der Waals surface area (Å²) in [7, 11) is -3.58. The summed E-state index contributed by atoms with van der Waals surface area (Å²) in [5, 5.41) is 3.61. The Morgan fingerprint density at radius 2 is 1.76 bits per heavy atom. The molecule has 0 bridgehead atoms. The average Bonchev–Trinajstić information content (AvgIpc) is 2.69. The van der Waals surface area contributed by atoms with Crippen LogP contribution in [0.3, 0.4) is 0 Å². The Hall–Kier alpha value is -1.96. The summed E-state index contributed by atoms with van der Waals surface area (Å²) >= 11 is 11.9. The molecule has 0 aliphatic rings. The molecule has 2 aromatic carbocycles. The van der Waals surface area contributed by atoms with Crippen LogP contribution in [0, 0.1) is 0 Å². The van der Waals surface area contributed by atoms with Crippen LogP contribution in [0.2, 0.25) is 10.0 Å². The summed E-state index contributed by atoms with van der Waals surface area (Å²) in [4.78, 5) is 14.5. The van der Waals surface area contributed by atoms with Crippen molar-refractivity contribution in [3.63, 3.8) is 0 Å². The molecule has 1 atom stereocenters. The Labute approximate surface area is 181 Å². The van der Waals surface area contributed by atoms with Gasteiger partial charge in [0.2, 0.25) is 0 Å². The Bertz CT molecular complexity index is 949. The molecule has 29 heavy (non-hydrogen) atoms. The molecule has 0 aliphatic heterocycles. The number of carbonyl (C=O) groups excluding carboxylic acids is 1. The van der Waals surface area contributed by atoms with Gasteiger partial charge in [0.15, 0.2) is 0 Å². The Kier molecular flexibility index (Phi) is 8.19. The standard InChI is InChI=1S/C20H24Cl2N2O4S/c1-4-14(3)24(20(25)23-16-8-11-18(21)19(22)12-16)13-15-6-9-17(10-7-15)28-29(26,27)5-2/h6-12,14H,4-5,13H2,1-3H3,(H,23,25). The van der Waals surface area contributed by atoms with Crippen molar-refractivity contribution in [1.82, 2.24) is 4.90 Å². The van der Waals surface area contributed by atoms with Gasteiger partial charge in [0.25, 0.3) is 0 Å². The van der Waals surface area contributed by atoms with E-state index in [-0.39, 0.29) is 23.6 Å². The molecule has 0 fully saturated rings. The van der Waals surface area contributed by atoms with Crippen LogP contribution in [-0.2, 0) is 16.7 Å². The molecule has 2 rings (SSSR count). The topological polar surface area (TPSA) is 75.7 Å². The first-order valence-electron chi connectivity index (χ1n) is 9.19. The first kappa shape index (κ1) is 23.3. The van der Waals surface area contributed by atoms with Crippen molar-refractivity contribution in [2.45, 2.75) is 39.8 Å². The van der Waals surface area contributed by atoms with Gasteiger partial charge in [-0.3, -0.25) is 0 Å². The molecular weight excluding hydrogens is 435 g/mol. The summed E-state index contributed by atoms with van der Waals surface area (Å²) in [5.74, 6) is 0.136. The van der Waals surface area contributed by atoms with Crippen LogP contribution in [0.25, 0.3) is 0 Å². The molecule has 0 radical (unpaired) electrons. The van der Waals surface area contributed by atoms with Crippen molar-refractivity contribution in [2.75, 3.05) is 11.1 Å². The normalized spacial score (nSPS) is 12.3. The number of urea groups is 1. The molecule has 1 unspecified atom stereocenters.